The molecule has 152 valence electrons. The maximum Gasteiger partial charge on any atom is 0.257 e. The van der Waals surface area contributed by atoms with Crippen LogP contribution in [0, 0.1) is 13.8 Å². The zero-order valence-corrected chi connectivity index (χ0v) is 18.0. The van der Waals surface area contributed by atoms with Crippen LogP contribution in [0.5, 0.6) is 0 Å². The highest BCUT2D eigenvalue weighted by Crippen LogP contribution is 2.27. The largest absolute Gasteiger partial charge is 0.306 e. The average molecular weight is 425 g/mol. The van der Waals surface area contributed by atoms with Crippen molar-refractivity contribution in [2.75, 3.05) is 5.32 Å². The standard InChI is InChI=1S/C25H20N4OS/c1-16-10-12-19(13-11-16)22-15-31-25(26-22)29-23(14-17(2)28-29)27-24(30)21-9-5-7-18-6-3-4-8-20(18)21/h3-15H,1-2H3,(H,27,30). The molecular formula is C25H20N4OS. The Labute approximate surface area is 184 Å². The van der Waals surface area contributed by atoms with Crippen LogP contribution in [0.25, 0.3) is 27.2 Å². The number of aromatic nitrogens is 3. The highest BCUT2D eigenvalue weighted by molar-refractivity contribution is 7.12. The minimum Gasteiger partial charge on any atom is -0.306 e. The number of fused-ring (bicyclic) bond motifs is 1. The maximum atomic E-state index is 13.1. The average Bonchev–Trinajstić information content (AvgIpc) is 3.40. The lowest BCUT2D eigenvalue weighted by atomic mass is 10.0. The molecule has 5 rings (SSSR count). The summed E-state index contributed by atoms with van der Waals surface area (Å²) in [4.78, 5) is 17.9. The molecule has 0 saturated heterocycles. The van der Waals surface area contributed by atoms with Gasteiger partial charge in [-0.1, -0.05) is 66.2 Å². The summed E-state index contributed by atoms with van der Waals surface area (Å²) in [5.74, 6) is 0.425. The van der Waals surface area contributed by atoms with Gasteiger partial charge in [-0.05, 0) is 30.7 Å². The summed E-state index contributed by atoms with van der Waals surface area (Å²) in [7, 11) is 0. The summed E-state index contributed by atoms with van der Waals surface area (Å²) >= 11 is 1.49. The maximum absolute atomic E-state index is 13.1. The molecule has 1 N–H and O–H groups in total. The van der Waals surface area contributed by atoms with E-state index >= 15 is 0 Å². The lowest BCUT2D eigenvalue weighted by Gasteiger charge is -2.09. The summed E-state index contributed by atoms with van der Waals surface area (Å²) in [6.07, 6.45) is 0. The van der Waals surface area contributed by atoms with Crippen molar-refractivity contribution in [3.63, 3.8) is 0 Å². The first-order valence-corrected chi connectivity index (χ1v) is 10.9. The molecule has 6 heteroatoms. The van der Waals surface area contributed by atoms with Gasteiger partial charge < -0.3 is 5.32 Å². The van der Waals surface area contributed by atoms with Crippen LogP contribution in [0.3, 0.4) is 0 Å². The number of rotatable bonds is 4. The zero-order valence-electron chi connectivity index (χ0n) is 17.2. The van der Waals surface area contributed by atoms with Crippen LogP contribution >= 0.6 is 11.3 Å². The van der Waals surface area contributed by atoms with E-state index in [4.69, 9.17) is 4.98 Å². The third-order valence-corrected chi connectivity index (χ3v) is 5.94. The van der Waals surface area contributed by atoms with Crippen molar-refractivity contribution in [3.8, 4) is 16.4 Å². The predicted octanol–water partition coefficient (Wildman–Crippen LogP) is 6.02. The topological polar surface area (TPSA) is 59.8 Å². The Bertz CT molecular complexity index is 1390. The quantitative estimate of drug-likeness (QED) is 0.384. The Morgan fingerprint density at radius 3 is 2.58 bits per heavy atom. The predicted molar refractivity (Wildman–Crippen MR) is 126 cm³/mol. The van der Waals surface area contributed by atoms with Crippen molar-refractivity contribution in [1.29, 1.82) is 0 Å². The summed E-state index contributed by atoms with van der Waals surface area (Å²) in [6, 6.07) is 23.7. The van der Waals surface area contributed by atoms with Gasteiger partial charge in [-0.3, -0.25) is 4.79 Å². The third kappa shape index (κ3) is 3.73. The normalized spacial score (nSPS) is 11.0. The van der Waals surface area contributed by atoms with Gasteiger partial charge in [0.25, 0.3) is 5.91 Å². The fraction of sp³-hybridized carbons (Fsp3) is 0.0800. The van der Waals surface area contributed by atoms with Gasteiger partial charge in [0.1, 0.15) is 5.82 Å². The van der Waals surface area contributed by atoms with Crippen LogP contribution in [-0.2, 0) is 0 Å². The SMILES string of the molecule is Cc1ccc(-c2csc(-n3nc(C)cc3NC(=O)c3cccc4ccccc34)n2)cc1. The van der Waals surface area contributed by atoms with E-state index in [-0.39, 0.29) is 5.91 Å². The van der Waals surface area contributed by atoms with Gasteiger partial charge >= 0.3 is 0 Å². The molecule has 0 bridgehead atoms. The molecule has 0 fully saturated rings. The monoisotopic (exact) mass is 424 g/mol. The number of hydrogen-bond acceptors (Lipinski definition) is 4. The number of carbonyl (C=O) groups excluding carboxylic acids is 1. The molecule has 2 heterocycles. The smallest absolute Gasteiger partial charge is 0.257 e. The molecule has 0 atom stereocenters. The second-order valence-electron chi connectivity index (χ2n) is 7.44. The van der Waals surface area contributed by atoms with Gasteiger partial charge in [0, 0.05) is 22.6 Å². The summed E-state index contributed by atoms with van der Waals surface area (Å²) in [6.45, 7) is 3.96. The fourth-order valence-corrected chi connectivity index (χ4v) is 4.36. The third-order valence-electron chi connectivity index (χ3n) is 5.13. The number of anilines is 1. The van der Waals surface area contributed by atoms with Gasteiger partial charge in [-0.2, -0.15) is 9.78 Å². The summed E-state index contributed by atoms with van der Waals surface area (Å²) < 4.78 is 1.70. The highest BCUT2D eigenvalue weighted by Gasteiger charge is 2.16. The molecule has 5 aromatic rings. The molecule has 0 unspecified atom stereocenters. The first-order valence-electron chi connectivity index (χ1n) is 9.97. The van der Waals surface area contributed by atoms with E-state index in [1.165, 1.54) is 16.9 Å². The molecule has 0 spiro atoms. The first-order chi connectivity index (χ1) is 15.1. The second kappa shape index (κ2) is 7.81. The van der Waals surface area contributed by atoms with Crippen molar-refractivity contribution < 1.29 is 4.79 Å². The number of nitrogens with one attached hydrogen (secondary N) is 1. The number of amides is 1. The number of benzene rings is 3. The molecule has 1 amide bonds. The fourth-order valence-electron chi connectivity index (χ4n) is 3.56. The van der Waals surface area contributed by atoms with Crippen molar-refractivity contribution >= 4 is 33.8 Å². The molecule has 3 aromatic carbocycles. The summed E-state index contributed by atoms with van der Waals surface area (Å²) in [5.41, 5.74) is 4.58. The van der Waals surface area contributed by atoms with Crippen molar-refractivity contribution in [1.82, 2.24) is 14.8 Å². The van der Waals surface area contributed by atoms with Gasteiger partial charge in [0.05, 0.1) is 11.4 Å². The van der Waals surface area contributed by atoms with Crippen molar-refractivity contribution in [2.45, 2.75) is 13.8 Å². The molecular weight excluding hydrogens is 404 g/mol. The van der Waals surface area contributed by atoms with Gasteiger partial charge in [0.15, 0.2) is 0 Å². The lowest BCUT2D eigenvalue weighted by molar-refractivity contribution is 0.102. The van der Waals surface area contributed by atoms with E-state index in [2.05, 4.69) is 41.6 Å². The minimum absolute atomic E-state index is 0.173. The summed E-state index contributed by atoms with van der Waals surface area (Å²) in [5, 5.41) is 12.2. The number of aryl methyl sites for hydroxylation is 2. The zero-order chi connectivity index (χ0) is 21.4. The Hall–Kier alpha value is -3.77. The Kier molecular flexibility index (Phi) is 4.84. The Morgan fingerprint density at radius 2 is 1.74 bits per heavy atom. The van der Waals surface area contributed by atoms with Crippen LogP contribution in [0.2, 0.25) is 0 Å². The van der Waals surface area contributed by atoms with Crippen molar-refractivity contribution in [2.24, 2.45) is 0 Å². The number of carbonyl (C=O) groups is 1. The molecule has 0 aliphatic carbocycles. The number of hydrogen-bond donors (Lipinski definition) is 1. The molecule has 0 radical (unpaired) electrons. The van der Waals surface area contributed by atoms with Gasteiger partial charge in [-0.15, -0.1) is 11.3 Å². The van der Waals surface area contributed by atoms with Crippen LogP contribution in [0.15, 0.2) is 78.2 Å². The molecule has 0 aliphatic rings. The molecule has 5 nitrogen and oxygen atoms in total. The molecule has 2 aromatic heterocycles. The van der Waals surface area contributed by atoms with Crippen LogP contribution in [-0.4, -0.2) is 20.7 Å². The van der Waals surface area contributed by atoms with E-state index in [9.17, 15) is 4.79 Å². The van der Waals surface area contributed by atoms with E-state index < -0.39 is 0 Å². The Balaban J connectivity index is 1.47. The first kappa shape index (κ1) is 19.2. The van der Waals surface area contributed by atoms with Crippen LogP contribution in [0.1, 0.15) is 21.6 Å². The van der Waals surface area contributed by atoms with E-state index in [0.29, 0.717) is 16.5 Å². The highest BCUT2D eigenvalue weighted by atomic mass is 32.1. The number of thiazole rings is 1. The Morgan fingerprint density at radius 1 is 0.968 bits per heavy atom. The lowest BCUT2D eigenvalue weighted by Crippen LogP contribution is -2.15. The number of nitrogens with zero attached hydrogens (tertiary/aromatic N) is 3. The van der Waals surface area contributed by atoms with Gasteiger partial charge in [0.2, 0.25) is 5.13 Å². The van der Waals surface area contributed by atoms with E-state index in [0.717, 1.165) is 27.7 Å². The molecule has 0 aliphatic heterocycles. The van der Waals surface area contributed by atoms with Gasteiger partial charge in [-0.25, -0.2) is 4.98 Å². The molecule has 0 saturated carbocycles. The van der Waals surface area contributed by atoms with Crippen LogP contribution in [0.4, 0.5) is 5.82 Å². The van der Waals surface area contributed by atoms with E-state index in [1.54, 1.807) is 4.68 Å². The van der Waals surface area contributed by atoms with Crippen molar-refractivity contribution in [3.05, 3.63) is 95.0 Å². The van der Waals surface area contributed by atoms with E-state index in [1.807, 2.05) is 60.8 Å². The van der Waals surface area contributed by atoms with Crippen LogP contribution < -0.4 is 5.32 Å². The second-order valence-corrected chi connectivity index (χ2v) is 8.28. The molecule has 31 heavy (non-hydrogen) atoms. The minimum atomic E-state index is -0.173.